The van der Waals surface area contributed by atoms with Crippen molar-refractivity contribution in [2.24, 2.45) is 0 Å². The van der Waals surface area contributed by atoms with E-state index < -0.39 is 0 Å². The fourth-order valence-electron chi connectivity index (χ4n) is 0.864. The standard InChI is InChI=1S/C6H3BrClN3/c7-4-3-11-2-1-9-6(11)5(8)10-4/h1-3H. The van der Waals surface area contributed by atoms with Crippen LogP contribution in [0.5, 0.6) is 0 Å². The summed E-state index contributed by atoms with van der Waals surface area (Å²) in [6.07, 6.45) is 5.29. The summed E-state index contributed by atoms with van der Waals surface area (Å²) in [7, 11) is 0. The van der Waals surface area contributed by atoms with Crippen molar-refractivity contribution in [1.29, 1.82) is 0 Å². The van der Waals surface area contributed by atoms with Gasteiger partial charge >= 0.3 is 0 Å². The highest BCUT2D eigenvalue weighted by Gasteiger charge is 2.01. The Balaban J connectivity index is 2.91. The first-order valence-electron chi connectivity index (χ1n) is 2.92. The van der Waals surface area contributed by atoms with Crippen LogP contribution in [0.4, 0.5) is 0 Å². The second-order valence-corrected chi connectivity index (χ2v) is 3.18. The smallest absolute Gasteiger partial charge is 0.174 e. The second-order valence-electron chi connectivity index (χ2n) is 2.01. The van der Waals surface area contributed by atoms with E-state index in [4.69, 9.17) is 11.6 Å². The highest BCUT2D eigenvalue weighted by Crippen LogP contribution is 2.15. The predicted molar refractivity (Wildman–Crippen MR) is 45.7 cm³/mol. The van der Waals surface area contributed by atoms with Crippen LogP contribution in [-0.2, 0) is 0 Å². The lowest BCUT2D eigenvalue weighted by molar-refractivity contribution is 1.10. The van der Waals surface area contributed by atoms with Gasteiger partial charge < -0.3 is 4.40 Å². The number of hydrogen-bond acceptors (Lipinski definition) is 2. The molecule has 0 bridgehead atoms. The van der Waals surface area contributed by atoms with Crippen LogP contribution in [0.2, 0.25) is 5.15 Å². The van der Waals surface area contributed by atoms with Crippen LogP contribution < -0.4 is 0 Å². The van der Waals surface area contributed by atoms with Crippen LogP contribution in [0, 0.1) is 0 Å². The quantitative estimate of drug-likeness (QED) is 0.697. The van der Waals surface area contributed by atoms with E-state index in [0.29, 0.717) is 15.4 Å². The number of imidazole rings is 1. The fraction of sp³-hybridized carbons (Fsp3) is 0. The lowest BCUT2D eigenvalue weighted by atomic mass is 10.7. The Labute approximate surface area is 76.2 Å². The van der Waals surface area contributed by atoms with Crippen molar-refractivity contribution in [2.45, 2.75) is 0 Å². The lowest BCUT2D eigenvalue weighted by Crippen LogP contribution is -1.87. The minimum absolute atomic E-state index is 0.407. The molecule has 2 aromatic heterocycles. The summed E-state index contributed by atoms with van der Waals surface area (Å²) in [5.74, 6) is 0. The van der Waals surface area contributed by atoms with E-state index >= 15 is 0 Å². The van der Waals surface area contributed by atoms with Crippen molar-refractivity contribution in [3.63, 3.8) is 0 Å². The molecule has 0 aliphatic rings. The molecule has 2 rings (SSSR count). The molecule has 0 saturated carbocycles. The van der Waals surface area contributed by atoms with Gasteiger partial charge in [0.1, 0.15) is 4.60 Å². The molecule has 0 unspecified atom stereocenters. The maximum atomic E-state index is 5.78. The molecule has 0 atom stereocenters. The van der Waals surface area contributed by atoms with Crippen molar-refractivity contribution in [3.8, 4) is 0 Å². The van der Waals surface area contributed by atoms with Gasteiger partial charge in [0.05, 0.1) is 0 Å². The third kappa shape index (κ3) is 1.12. The largest absolute Gasteiger partial charge is 0.302 e. The van der Waals surface area contributed by atoms with E-state index in [1.165, 1.54) is 0 Å². The molecular formula is C6H3BrClN3. The molecule has 0 aromatic carbocycles. The number of hydrogen-bond donors (Lipinski definition) is 0. The highest BCUT2D eigenvalue weighted by atomic mass is 79.9. The van der Waals surface area contributed by atoms with Crippen LogP contribution in [0.15, 0.2) is 23.2 Å². The van der Waals surface area contributed by atoms with Gasteiger partial charge in [0.2, 0.25) is 0 Å². The van der Waals surface area contributed by atoms with E-state index in [0.717, 1.165) is 0 Å². The second kappa shape index (κ2) is 2.46. The fourth-order valence-corrected chi connectivity index (χ4v) is 1.60. The molecule has 2 heterocycles. The minimum atomic E-state index is 0.407. The molecule has 3 nitrogen and oxygen atoms in total. The maximum absolute atomic E-state index is 5.78. The predicted octanol–water partition coefficient (Wildman–Crippen LogP) is 2.15. The van der Waals surface area contributed by atoms with Crippen LogP contribution in [0.1, 0.15) is 0 Å². The molecule has 56 valence electrons. The first kappa shape index (κ1) is 7.06. The Bertz CT molecular complexity index is 398. The summed E-state index contributed by atoms with van der Waals surface area (Å²) in [6.45, 7) is 0. The van der Waals surface area contributed by atoms with Crippen LogP contribution in [0.3, 0.4) is 0 Å². The molecule has 0 fully saturated rings. The average Bonchev–Trinajstić information content (AvgIpc) is 2.34. The molecule has 5 heteroatoms. The molecular weight excluding hydrogens is 229 g/mol. The zero-order valence-electron chi connectivity index (χ0n) is 5.33. The first-order valence-corrected chi connectivity index (χ1v) is 4.09. The molecule has 0 radical (unpaired) electrons. The Morgan fingerprint density at radius 2 is 2.36 bits per heavy atom. The summed E-state index contributed by atoms with van der Waals surface area (Å²) >= 11 is 9.00. The Morgan fingerprint density at radius 3 is 3.18 bits per heavy atom. The van der Waals surface area contributed by atoms with Crippen LogP contribution >= 0.6 is 27.5 Å². The Hall–Kier alpha value is -0.610. The minimum Gasteiger partial charge on any atom is -0.302 e. The number of halogens is 2. The maximum Gasteiger partial charge on any atom is 0.174 e. The third-order valence-corrected chi connectivity index (χ3v) is 1.94. The van der Waals surface area contributed by atoms with Crippen molar-refractivity contribution in [1.82, 2.24) is 14.4 Å². The van der Waals surface area contributed by atoms with Gasteiger partial charge in [-0.15, -0.1) is 0 Å². The van der Waals surface area contributed by atoms with Crippen molar-refractivity contribution < 1.29 is 0 Å². The van der Waals surface area contributed by atoms with Gasteiger partial charge in [-0.3, -0.25) is 0 Å². The zero-order chi connectivity index (χ0) is 7.84. The van der Waals surface area contributed by atoms with E-state index in [-0.39, 0.29) is 0 Å². The molecule has 0 aliphatic heterocycles. The van der Waals surface area contributed by atoms with Crippen molar-refractivity contribution in [2.75, 3.05) is 0 Å². The van der Waals surface area contributed by atoms with Gasteiger partial charge in [-0.05, 0) is 15.9 Å². The van der Waals surface area contributed by atoms with E-state index in [1.54, 1.807) is 16.8 Å². The summed E-state index contributed by atoms with van der Waals surface area (Å²) in [6, 6.07) is 0. The molecule has 11 heavy (non-hydrogen) atoms. The van der Waals surface area contributed by atoms with Gasteiger partial charge in [0, 0.05) is 18.6 Å². The van der Waals surface area contributed by atoms with Gasteiger partial charge in [-0.2, -0.15) is 0 Å². The van der Waals surface area contributed by atoms with Gasteiger partial charge in [-0.25, -0.2) is 9.97 Å². The SMILES string of the molecule is Clc1nc(Br)cn2ccnc12. The normalized spacial score (nSPS) is 10.7. The molecule has 0 saturated heterocycles. The van der Waals surface area contributed by atoms with Crippen LogP contribution in [0.25, 0.3) is 5.65 Å². The van der Waals surface area contributed by atoms with Crippen molar-refractivity contribution in [3.05, 3.63) is 28.3 Å². The molecule has 2 aromatic rings. The topological polar surface area (TPSA) is 30.2 Å². The summed E-state index contributed by atoms with van der Waals surface area (Å²) < 4.78 is 2.51. The number of rotatable bonds is 0. The monoisotopic (exact) mass is 231 g/mol. The lowest BCUT2D eigenvalue weighted by Gasteiger charge is -1.95. The molecule has 0 spiro atoms. The van der Waals surface area contributed by atoms with Crippen LogP contribution in [-0.4, -0.2) is 14.4 Å². The Kier molecular flexibility index (Phi) is 1.58. The van der Waals surface area contributed by atoms with Gasteiger partial charge in [-0.1, -0.05) is 11.6 Å². The highest BCUT2D eigenvalue weighted by molar-refractivity contribution is 9.10. The van der Waals surface area contributed by atoms with Gasteiger partial charge in [0.15, 0.2) is 10.8 Å². The average molecular weight is 232 g/mol. The van der Waals surface area contributed by atoms with Crippen molar-refractivity contribution >= 4 is 33.2 Å². The third-order valence-electron chi connectivity index (χ3n) is 1.30. The summed E-state index contributed by atoms with van der Waals surface area (Å²) in [4.78, 5) is 7.98. The summed E-state index contributed by atoms with van der Waals surface area (Å²) in [5.41, 5.74) is 0.676. The molecule has 0 aliphatic carbocycles. The van der Waals surface area contributed by atoms with E-state index in [9.17, 15) is 0 Å². The Morgan fingerprint density at radius 1 is 1.55 bits per heavy atom. The molecule has 0 amide bonds. The summed E-state index contributed by atoms with van der Waals surface area (Å²) in [5, 5.41) is 0.407. The number of aromatic nitrogens is 3. The number of nitrogens with zero attached hydrogens (tertiary/aromatic N) is 3. The zero-order valence-corrected chi connectivity index (χ0v) is 7.67. The van der Waals surface area contributed by atoms with E-state index in [1.807, 2.05) is 6.20 Å². The number of fused-ring (bicyclic) bond motifs is 1. The first-order chi connectivity index (χ1) is 5.27. The van der Waals surface area contributed by atoms with E-state index in [2.05, 4.69) is 25.9 Å². The van der Waals surface area contributed by atoms with Gasteiger partial charge in [0.25, 0.3) is 0 Å². The molecule has 0 N–H and O–H groups in total.